The van der Waals surface area contributed by atoms with E-state index in [1.165, 1.54) is 25.1 Å². The molecule has 0 aromatic carbocycles. The second-order valence-corrected chi connectivity index (χ2v) is 14.9. The molecule has 0 aliphatic carbocycles. The summed E-state index contributed by atoms with van der Waals surface area (Å²) in [4.78, 5) is 37.6. The number of nitrogens with two attached hydrogens (primary N) is 1. The number of fused-ring (bicyclic) bond motifs is 1. The fourth-order valence-corrected chi connectivity index (χ4v) is 6.85. The van der Waals surface area contributed by atoms with Crippen LogP contribution in [0.3, 0.4) is 0 Å². The lowest BCUT2D eigenvalue weighted by atomic mass is 9.97. The molecule has 0 bridgehead atoms. The molecule has 3 rings (SSSR count). The van der Waals surface area contributed by atoms with Gasteiger partial charge in [0.2, 0.25) is 10.4 Å². The lowest BCUT2D eigenvalue weighted by Gasteiger charge is -2.31. The Morgan fingerprint density at radius 1 is 1.19 bits per heavy atom. The van der Waals surface area contributed by atoms with Crippen LogP contribution in [0.25, 0.3) is 0 Å². The number of carbonyl (C=O) groups is 2. The Bertz CT molecular complexity index is 1180. The van der Waals surface area contributed by atoms with Crippen LogP contribution in [-0.2, 0) is 32.5 Å². The SMILES string of the molecule is CC(C)(O)C(=O)SCCOP(=O)(OCCSC(=O)C(C)(C)CO)OC[C@H]1O[C@@H](N2C=NC3C(N)=NC(Cl)=NC32)[C@@H](F)[C@@H]1O. The van der Waals surface area contributed by atoms with Gasteiger partial charge in [0.1, 0.15) is 29.7 Å². The van der Waals surface area contributed by atoms with Gasteiger partial charge in [-0.15, -0.1) is 0 Å². The summed E-state index contributed by atoms with van der Waals surface area (Å²) in [5, 5.41) is 28.7. The van der Waals surface area contributed by atoms with Gasteiger partial charge in [0.15, 0.2) is 23.7 Å². The summed E-state index contributed by atoms with van der Waals surface area (Å²) in [5.41, 5.74) is 3.28. The van der Waals surface area contributed by atoms with Crippen LogP contribution in [-0.4, -0.2) is 128 Å². The van der Waals surface area contributed by atoms with Gasteiger partial charge in [0.25, 0.3) is 0 Å². The molecule has 0 aromatic heterocycles. The van der Waals surface area contributed by atoms with Crippen LogP contribution in [0, 0.1) is 5.41 Å². The van der Waals surface area contributed by atoms with Crippen LogP contribution in [0.5, 0.6) is 0 Å². The molecule has 0 spiro atoms. The van der Waals surface area contributed by atoms with Gasteiger partial charge in [0, 0.05) is 11.5 Å². The Hall–Kier alpha value is -1.18. The summed E-state index contributed by atoms with van der Waals surface area (Å²) in [5.74, 6) is 0.102. The molecule has 7 atom stereocenters. The number of aliphatic imine (C=N–C) groups is 3. The highest BCUT2D eigenvalue weighted by Crippen LogP contribution is 2.50. The standard InChI is InChI=1S/C23H36ClFN5O10PS2/c1-22(2,10-31)19(33)42-7-5-37-41(36,38-6-8-43-20(34)23(3,4)35)39-9-12-15(32)13(25)18(40-12)30-11-27-14-16(26)28-21(24)29-17(14)30/h11-15,17-18,31-32,35H,5-10H2,1-4H3,(H2,26,28,29)/t12-,13+,14?,15-,17?,18-,41?/m1/s1. The molecule has 0 amide bonds. The van der Waals surface area contributed by atoms with E-state index in [1.807, 2.05) is 0 Å². The number of rotatable bonds is 15. The Labute approximate surface area is 261 Å². The zero-order chi connectivity index (χ0) is 32.2. The Kier molecular flexibility index (Phi) is 12.6. The van der Waals surface area contributed by atoms with E-state index in [4.69, 9.17) is 35.6 Å². The minimum Gasteiger partial charge on any atom is -0.395 e. The van der Waals surface area contributed by atoms with E-state index in [1.54, 1.807) is 13.8 Å². The number of alkyl halides is 1. The van der Waals surface area contributed by atoms with Gasteiger partial charge < -0.3 is 30.7 Å². The number of thioether (sulfide) groups is 2. The van der Waals surface area contributed by atoms with Crippen molar-refractivity contribution in [2.45, 2.75) is 70.1 Å². The molecule has 1 fully saturated rings. The molecule has 0 radical (unpaired) electrons. The monoisotopic (exact) mass is 691 g/mol. The van der Waals surface area contributed by atoms with E-state index < -0.39 is 67.4 Å². The number of aliphatic hydroxyl groups excluding tert-OH is 2. The number of phosphoric acid groups is 1. The molecule has 15 nitrogen and oxygen atoms in total. The topological polar surface area (TPSA) is 215 Å². The maximum absolute atomic E-state index is 15.2. The second-order valence-electron chi connectivity index (χ2n) is 10.8. The molecule has 5 N–H and O–H groups in total. The van der Waals surface area contributed by atoms with E-state index in [9.17, 15) is 29.5 Å². The van der Waals surface area contributed by atoms with Crippen molar-refractivity contribution in [2.75, 3.05) is 37.9 Å². The summed E-state index contributed by atoms with van der Waals surface area (Å²) < 4.78 is 50.4. The van der Waals surface area contributed by atoms with Crippen molar-refractivity contribution in [3.8, 4) is 0 Å². The number of amidine groups is 2. The fourth-order valence-electron chi connectivity index (χ4n) is 3.71. The molecule has 0 saturated carbocycles. The molecule has 244 valence electrons. The maximum atomic E-state index is 15.2. The van der Waals surface area contributed by atoms with Crippen molar-refractivity contribution < 1.29 is 52.2 Å². The summed E-state index contributed by atoms with van der Waals surface area (Å²) in [6.45, 7) is 4.21. The first-order chi connectivity index (χ1) is 20.0. The van der Waals surface area contributed by atoms with Crippen molar-refractivity contribution in [2.24, 2.45) is 26.1 Å². The maximum Gasteiger partial charge on any atom is 0.474 e. The number of nitrogens with zero attached hydrogens (tertiary/aromatic N) is 4. The molecule has 20 heteroatoms. The van der Waals surface area contributed by atoms with E-state index in [0.29, 0.717) is 0 Å². The summed E-state index contributed by atoms with van der Waals surface area (Å²) >= 11 is 7.50. The third kappa shape index (κ3) is 9.42. The smallest absolute Gasteiger partial charge is 0.395 e. The number of phosphoric ester groups is 1. The van der Waals surface area contributed by atoms with E-state index in [-0.39, 0.29) is 47.6 Å². The van der Waals surface area contributed by atoms with Gasteiger partial charge in [0.05, 0.1) is 38.2 Å². The van der Waals surface area contributed by atoms with Gasteiger partial charge in [-0.25, -0.2) is 18.9 Å². The van der Waals surface area contributed by atoms with Crippen molar-refractivity contribution in [1.82, 2.24) is 4.90 Å². The zero-order valence-corrected chi connectivity index (χ0v) is 27.2. The second kappa shape index (κ2) is 14.9. The highest BCUT2D eigenvalue weighted by Gasteiger charge is 2.52. The predicted octanol–water partition coefficient (Wildman–Crippen LogP) is 0.881. The number of halogens is 2. The zero-order valence-electron chi connectivity index (χ0n) is 23.9. The van der Waals surface area contributed by atoms with Crippen LogP contribution in [0.1, 0.15) is 27.7 Å². The number of aliphatic hydroxyl groups is 3. The highest BCUT2D eigenvalue weighted by molar-refractivity contribution is 8.14. The first-order valence-electron chi connectivity index (χ1n) is 13.1. The van der Waals surface area contributed by atoms with Gasteiger partial charge in [-0.05, 0) is 39.3 Å². The van der Waals surface area contributed by atoms with Gasteiger partial charge in [-0.2, -0.15) is 0 Å². The van der Waals surface area contributed by atoms with Gasteiger partial charge >= 0.3 is 7.82 Å². The molecule has 3 unspecified atom stereocenters. The predicted molar refractivity (Wildman–Crippen MR) is 160 cm³/mol. The molecule has 3 aliphatic heterocycles. The molecule has 3 aliphatic rings. The van der Waals surface area contributed by atoms with E-state index >= 15 is 4.39 Å². The largest absolute Gasteiger partial charge is 0.474 e. The third-order valence-corrected chi connectivity index (χ3v) is 10.2. The minimum absolute atomic E-state index is 0.0129. The first kappa shape index (κ1) is 36.3. The number of hydrogen-bond donors (Lipinski definition) is 4. The summed E-state index contributed by atoms with van der Waals surface area (Å²) in [7, 11) is -4.40. The fraction of sp³-hybridized carbons (Fsp3) is 0.783. The molecule has 1 saturated heterocycles. The van der Waals surface area contributed by atoms with Crippen LogP contribution < -0.4 is 5.73 Å². The van der Waals surface area contributed by atoms with Crippen molar-refractivity contribution in [3.05, 3.63) is 0 Å². The van der Waals surface area contributed by atoms with Crippen molar-refractivity contribution >= 4 is 70.6 Å². The minimum atomic E-state index is -4.40. The molecule has 43 heavy (non-hydrogen) atoms. The first-order valence-corrected chi connectivity index (χ1v) is 16.9. The summed E-state index contributed by atoms with van der Waals surface area (Å²) in [6.07, 6.45) is -5.95. The Morgan fingerprint density at radius 2 is 1.79 bits per heavy atom. The highest BCUT2D eigenvalue weighted by atomic mass is 35.5. The Morgan fingerprint density at radius 3 is 2.37 bits per heavy atom. The Balaban J connectivity index is 1.61. The quantitative estimate of drug-likeness (QED) is 0.107. The lowest BCUT2D eigenvalue weighted by Crippen LogP contribution is -2.50. The lowest BCUT2D eigenvalue weighted by molar-refractivity contribution is -0.124. The normalized spacial score (nSPS) is 28.8. The molecular formula is C23H36ClFN5O10PS2. The number of hydrogen-bond acceptors (Lipinski definition) is 17. The molecular weight excluding hydrogens is 656 g/mol. The number of carbonyl (C=O) groups excluding carboxylic acids is 2. The van der Waals surface area contributed by atoms with Gasteiger partial charge in [-0.1, -0.05) is 23.5 Å². The number of ether oxygens (including phenoxy) is 1. The van der Waals surface area contributed by atoms with Crippen LogP contribution in [0.2, 0.25) is 0 Å². The third-order valence-electron chi connectivity index (χ3n) is 6.28. The molecule has 0 aromatic rings. The van der Waals surface area contributed by atoms with E-state index in [2.05, 4.69) is 15.0 Å². The average Bonchev–Trinajstić information content (AvgIpc) is 3.47. The average molecular weight is 692 g/mol. The van der Waals surface area contributed by atoms with Crippen molar-refractivity contribution in [1.29, 1.82) is 0 Å². The van der Waals surface area contributed by atoms with Crippen molar-refractivity contribution in [3.63, 3.8) is 0 Å². The van der Waals surface area contributed by atoms with E-state index in [0.717, 1.165) is 23.5 Å². The van der Waals surface area contributed by atoms with Crippen LogP contribution in [0.15, 0.2) is 15.0 Å². The van der Waals surface area contributed by atoms with Crippen LogP contribution >= 0.6 is 42.9 Å². The van der Waals surface area contributed by atoms with Crippen LogP contribution in [0.4, 0.5) is 4.39 Å². The molecule has 3 heterocycles. The summed E-state index contributed by atoms with van der Waals surface area (Å²) in [6, 6.07) is -0.721. The van der Waals surface area contributed by atoms with Gasteiger partial charge in [-0.3, -0.25) is 28.2 Å².